The average molecular weight is 267 g/mol. The number of halogens is 1. The van der Waals surface area contributed by atoms with Crippen molar-refractivity contribution in [2.75, 3.05) is 33.2 Å². The summed E-state index contributed by atoms with van der Waals surface area (Å²) in [6.45, 7) is 4.09. The largest absolute Gasteiger partial charge is 0.340 e. The van der Waals surface area contributed by atoms with Gasteiger partial charge in [-0.25, -0.2) is 0 Å². The molecule has 0 aromatic heterocycles. The van der Waals surface area contributed by atoms with E-state index in [4.69, 9.17) is 11.6 Å². The molecule has 98 valence electrons. The predicted molar refractivity (Wildman–Crippen MR) is 74.1 cm³/mol. The summed E-state index contributed by atoms with van der Waals surface area (Å²) in [5, 5.41) is 0.659. The fourth-order valence-electron chi connectivity index (χ4n) is 2.21. The average Bonchev–Trinajstić information content (AvgIpc) is 2.89. The Morgan fingerprint density at radius 2 is 1.89 bits per heavy atom. The van der Waals surface area contributed by atoms with E-state index in [-0.39, 0.29) is 5.91 Å². The molecular weight excluding hydrogens is 248 g/mol. The van der Waals surface area contributed by atoms with Crippen LogP contribution < -0.4 is 0 Å². The third-order valence-electron chi connectivity index (χ3n) is 3.39. The molecule has 1 fully saturated rings. The summed E-state index contributed by atoms with van der Waals surface area (Å²) >= 11 is 5.81. The number of carbonyl (C=O) groups excluding carboxylic acids is 1. The summed E-state index contributed by atoms with van der Waals surface area (Å²) in [5.74, 6) is 0.0610. The highest BCUT2D eigenvalue weighted by molar-refractivity contribution is 6.30. The molecule has 0 unspecified atom stereocenters. The van der Waals surface area contributed by atoms with Crippen molar-refractivity contribution >= 4 is 17.5 Å². The second kappa shape index (κ2) is 6.21. The minimum Gasteiger partial charge on any atom is -0.340 e. The molecule has 0 aliphatic carbocycles. The number of likely N-dealkylation sites (N-methyl/N-ethyl adjacent to an activating group) is 1. The number of amides is 1. The van der Waals surface area contributed by atoms with Crippen LogP contribution in [0.5, 0.6) is 0 Å². The molecule has 0 N–H and O–H groups in total. The summed E-state index contributed by atoms with van der Waals surface area (Å²) in [6, 6.07) is 7.06. The Bertz CT molecular complexity index is 399. The van der Waals surface area contributed by atoms with Crippen LogP contribution in [0.1, 0.15) is 23.2 Å². The van der Waals surface area contributed by atoms with Crippen LogP contribution >= 0.6 is 11.6 Å². The summed E-state index contributed by atoms with van der Waals surface area (Å²) in [6.07, 6.45) is 2.57. The van der Waals surface area contributed by atoms with Gasteiger partial charge in [0.2, 0.25) is 0 Å². The van der Waals surface area contributed by atoms with Crippen LogP contribution in [0, 0.1) is 0 Å². The van der Waals surface area contributed by atoms with Crippen molar-refractivity contribution in [3.8, 4) is 0 Å². The summed E-state index contributed by atoms with van der Waals surface area (Å²) in [7, 11) is 1.85. The molecule has 1 heterocycles. The maximum atomic E-state index is 12.1. The Balaban J connectivity index is 1.85. The highest BCUT2D eigenvalue weighted by Gasteiger charge is 2.15. The summed E-state index contributed by atoms with van der Waals surface area (Å²) in [5.41, 5.74) is 0.698. The topological polar surface area (TPSA) is 23.6 Å². The molecule has 1 aromatic rings. The lowest BCUT2D eigenvalue weighted by Crippen LogP contribution is -2.35. The third-order valence-corrected chi connectivity index (χ3v) is 3.64. The van der Waals surface area contributed by atoms with Crippen LogP contribution in [-0.4, -0.2) is 48.9 Å². The second-order valence-corrected chi connectivity index (χ2v) is 5.22. The molecule has 0 atom stereocenters. The van der Waals surface area contributed by atoms with E-state index in [0.29, 0.717) is 10.6 Å². The molecule has 1 amide bonds. The maximum Gasteiger partial charge on any atom is 0.253 e. The zero-order chi connectivity index (χ0) is 13.0. The van der Waals surface area contributed by atoms with E-state index in [1.807, 2.05) is 7.05 Å². The Morgan fingerprint density at radius 1 is 1.28 bits per heavy atom. The lowest BCUT2D eigenvalue weighted by molar-refractivity contribution is 0.0782. The van der Waals surface area contributed by atoms with Crippen LogP contribution in [0.15, 0.2) is 24.3 Å². The van der Waals surface area contributed by atoms with Gasteiger partial charge in [0, 0.05) is 30.7 Å². The fourth-order valence-corrected chi connectivity index (χ4v) is 2.34. The smallest absolute Gasteiger partial charge is 0.253 e. The molecule has 0 radical (unpaired) electrons. The van der Waals surface area contributed by atoms with Crippen molar-refractivity contribution in [3.05, 3.63) is 34.9 Å². The number of likely N-dealkylation sites (tertiary alicyclic amines) is 1. The van der Waals surface area contributed by atoms with Gasteiger partial charge >= 0.3 is 0 Å². The first-order valence-electron chi connectivity index (χ1n) is 6.40. The lowest BCUT2D eigenvalue weighted by Gasteiger charge is -2.21. The second-order valence-electron chi connectivity index (χ2n) is 4.78. The van der Waals surface area contributed by atoms with Crippen molar-refractivity contribution in [3.63, 3.8) is 0 Å². The van der Waals surface area contributed by atoms with Gasteiger partial charge in [0.25, 0.3) is 5.91 Å². The number of rotatable bonds is 4. The minimum atomic E-state index is 0.0610. The zero-order valence-electron chi connectivity index (χ0n) is 10.7. The first kappa shape index (κ1) is 13.4. The van der Waals surface area contributed by atoms with E-state index in [9.17, 15) is 4.79 Å². The normalized spacial score (nSPS) is 15.9. The predicted octanol–water partition coefficient (Wildman–Crippen LogP) is 2.51. The Kier molecular flexibility index (Phi) is 4.61. The van der Waals surface area contributed by atoms with E-state index in [1.54, 1.807) is 29.2 Å². The highest BCUT2D eigenvalue weighted by Crippen LogP contribution is 2.11. The van der Waals surface area contributed by atoms with Gasteiger partial charge < -0.3 is 9.80 Å². The molecule has 1 aliphatic heterocycles. The van der Waals surface area contributed by atoms with E-state index in [0.717, 1.165) is 13.1 Å². The molecule has 4 heteroatoms. The monoisotopic (exact) mass is 266 g/mol. The number of benzene rings is 1. The molecular formula is C14H19ClN2O. The number of hydrogen-bond donors (Lipinski definition) is 0. The SMILES string of the molecule is CN(CCN1CCCC1)C(=O)c1ccc(Cl)cc1. The number of carbonyl (C=O) groups is 1. The van der Waals surface area contributed by atoms with Crippen LogP contribution in [0.25, 0.3) is 0 Å². The van der Waals surface area contributed by atoms with E-state index in [1.165, 1.54) is 25.9 Å². The van der Waals surface area contributed by atoms with Crippen LogP contribution in [-0.2, 0) is 0 Å². The molecule has 1 aromatic carbocycles. The van der Waals surface area contributed by atoms with Gasteiger partial charge in [0.1, 0.15) is 0 Å². The Morgan fingerprint density at radius 3 is 2.50 bits per heavy atom. The first-order valence-corrected chi connectivity index (χ1v) is 6.78. The van der Waals surface area contributed by atoms with Crippen molar-refractivity contribution in [2.24, 2.45) is 0 Å². The summed E-state index contributed by atoms with van der Waals surface area (Å²) in [4.78, 5) is 16.3. The van der Waals surface area contributed by atoms with Crippen molar-refractivity contribution in [2.45, 2.75) is 12.8 Å². The molecule has 3 nitrogen and oxygen atoms in total. The van der Waals surface area contributed by atoms with Gasteiger partial charge in [0.05, 0.1) is 0 Å². The van der Waals surface area contributed by atoms with Gasteiger partial charge in [-0.1, -0.05) is 11.6 Å². The van der Waals surface area contributed by atoms with Crippen LogP contribution in [0.3, 0.4) is 0 Å². The zero-order valence-corrected chi connectivity index (χ0v) is 11.5. The fraction of sp³-hybridized carbons (Fsp3) is 0.500. The maximum absolute atomic E-state index is 12.1. The van der Waals surface area contributed by atoms with Gasteiger partial charge in [-0.05, 0) is 50.2 Å². The van der Waals surface area contributed by atoms with Crippen LogP contribution in [0.2, 0.25) is 5.02 Å². The quantitative estimate of drug-likeness (QED) is 0.836. The third kappa shape index (κ3) is 3.47. The standard InChI is InChI=1S/C14H19ClN2O/c1-16(10-11-17-8-2-3-9-17)14(18)12-4-6-13(15)7-5-12/h4-7H,2-3,8-11H2,1H3. The van der Waals surface area contributed by atoms with Crippen molar-refractivity contribution in [1.82, 2.24) is 9.80 Å². The summed E-state index contributed by atoms with van der Waals surface area (Å²) < 4.78 is 0. The van der Waals surface area contributed by atoms with Crippen LogP contribution in [0.4, 0.5) is 0 Å². The molecule has 0 saturated carbocycles. The van der Waals surface area contributed by atoms with Gasteiger partial charge in [-0.15, -0.1) is 0 Å². The van der Waals surface area contributed by atoms with Gasteiger partial charge in [0.15, 0.2) is 0 Å². The minimum absolute atomic E-state index is 0.0610. The highest BCUT2D eigenvalue weighted by atomic mass is 35.5. The number of nitrogens with zero attached hydrogens (tertiary/aromatic N) is 2. The molecule has 1 saturated heterocycles. The molecule has 1 aliphatic rings. The number of hydrogen-bond acceptors (Lipinski definition) is 2. The van der Waals surface area contributed by atoms with E-state index < -0.39 is 0 Å². The Hall–Kier alpha value is -1.06. The molecule has 0 bridgehead atoms. The Labute approximate surface area is 113 Å². The molecule has 2 rings (SSSR count). The molecule has 0 spiro atoms. The van der Waals surface area contributed by atoms with Crippen molar-refractivity contribution < 1.29 is 4.79 Å². The first-order chi connectivity index (χ1) is 8.66. The molecule has 18 heavy (non-hydrogen) atoms. The van der Waals surface area contributed by atoms with Gasteiger partial charge in [-0.3, -0.25) is 4.79 Å². The lowest BCUT2D eigenvalue weighted by atomic mass is 10.2. The van der Waals surface area contributed by atoms with E-state index in [2.05, 4.69) is 4.90 Å². The van der Waals surface area contributed by atoms with Gasteiger partial charge in [-0.2, -0.15) is 0 Å². The van der Waals surface area contributed by atoms with E-state index >= 15 is 0 Å². The van der Waals surface area contributed by atoms with Crippen molar-refractivity contribution in [1.29, 1.82) is 0 Å².